The Bertz CT molecular complexity index is 1190. The number of fused-ring (bicyclic) bond motifs is 1. The van der Waals surface area contributed by atoms with Crippen molar-refractivity contribution in [3.05, 3.63) is 62.1 Å². The van der Waals surface area contributed by atoms with Gasteiger partial charge in [0.1, 0.15) is 6.61 Å². The summed E-state index contributed by atoms with van der Waals surface area (Å²) in [6, 6.07) is 10.4. The molecular formula is C19H14ClN3O3S. The maximum absolute atomic E-state index is 12.6. The van der Waals surface area contributed by atoms with Crippen LogP contribution in [0.1, 0.15) is 5.56 Å². The van der Waals surface area contributed by atoms with Gasteiger partial charge in [-0.2, -0.15) is 9.78 Å². The average molecular weight is 400 g/mol. The summed E-state index contributed by atoms with van der Waals surface area (Å²) < 4.78 is 12.0. The van der Waals surface area contributed by atoms with Crippen LogP contribution >= 0.6 is 23.8 Å². The van der Waals surface area contributed by atoms with Crippen molar-refractivity contribution in [3.8, 4) is 23.8 Å². The van der Waals surface area contributed by atoms with Crippen LogP contribution in [-0.2, 0) is 0 Å². The molecule has 1 aromatic heterocycles. The van der Waals surface area contributed by atoms with Crippen LogP contribution in [0.25, 0.3) is 10.9 Å². The van der Waals surface area contributed by atoms with Gasteiger partial charge in [-0.05, 0) is 42.0 Å². The zero-order valence-corrected chi connectivity index (χ0v) is 15.8. The third-order valence-corrected chi connectivity index (χ3v) is 4.21. The number of para-hydroxylation sites is 1. The predicted molar refractivity (Wildman–Crippen MR) is 109 cm³/mol. The lowest BCUT2D eigenvalue weighted by Crippen LogP contribution is -2.18. The summed E-state index contributed by atoms with van der Waals surface area (Å²) in [7, 11) is 1.49. The van der Waals surface area contributed by atoms with E-state index in [0.717, 1.165) is 4.68 Å². The molecule has 0 aliphatic carbocycles. The zero-order chi connectivity index (χ0) is 19.4. The van der Waals surface area contributed by atoms with Crippen LogP contribution in [0.15, 0.2) is 46.3 Å². The summed E-state index contributed by atoms with van der Waals surface area (Å²) in [5, 5.41) is 4.98. The van der Waals surface area contributed by atoms with Crippen molar-refractivity contribution in [1.82, 2.24) is 9.66 Å². The van der Waals surface area contributed by atoms with Gasteiger partial charge in [0.2, 0.25) is 4.77 Å². The first-order valence-electron chi connectivity index (χ1n) is 7.77. The molecule has 0 unspecified atom stereocenters. The lowest BCUT2D eigenvalue weighted by molar-refractivity contribution is 0.331. The highest BCUT2D eigenvalue weighted by molar-refractivity contribution is 7.71. The molecule has 6 nitrogen and oxygen atoms in total. The van der Waals surface area contributed by atoms with E-state index in [1.165, 1.54) is 13.3 Å². The molecule has 3 rings (SSSR count). The molecule has 0 spiro atoms. The standard InChI is InChI=1S/C19H14ClN3O3S/c1-3-8-26-17-14(20)9-12(10-16(17)25-2)11-21-23-18(24)13-6-4-5-7-15(13)22-19(23)27/h1,4-7,9-11H,8H2,2H3,(H,22,27)/b21-11-. The molecule has 0 aliphatic heterocycles. The molecule has 1 heterocycles. The minimum absolute atomic E-state index is 0.0607. The Hall–Kier alpha value is -3.08. The molecule has 8 heteroatoms. The van der Waals surface area contributed by atoms with Gasteiger partial charge in [-0.1, -0.05) is 29.7 Å². The maximum atomic E-state index is 12.6. The van der Waals surface area contributed by atoms with Crippen LogP contribution in [0.2, 0.25) is 5.02 Å². The monoisotopic (exact) mass is 399 g/mol. The van der Waals surface area contributed by atoms with E-state index in [1.807, 2.05) is 6.07 Å². The van der Waals surface area contributed by atoms with Crippen LogP contribution in [0, 0.1) is 17.1 Å². The molecule has 0 amide bonds. The molecule has 0 radical (unpaired) electrons. The first kappa shape index (κ1) is 18.7. The molecule has 0 aliphatic rings. The normalized spacial score (nSPS) is 10.9. The second-order valence-electron chi connectivity index (χ2n) is 5.36. The molecule has 0 saturated carbocycles. The Morgan fingerprint density at radius 2 is 2.19 bits per heavy atom. The molecule has 1 N–H and O–H groups in total. The molecule has 0 fully saturated rings. The van der Waals surface area contributed by atoms with Gasteiger partial charge < -0.3 is 14.5 Å². The Morgan fingerprint density at radius 1 is 1.41 bits per heavy atom. The number of nitrogens with one attached hydrogen (secondary N) is 1. The number of methoxy groups -OCH3 is 1. The van der Waals surface area contributed by atoms with Gasteiger partial charge in [0, 0.05) is 0 Å². The molecule has 3 aromatic rings. The molecule has 136 valence electrons. The lowest BCUT2D eigenvalue weighted by Gasteiger charge is -2.11. The number of hydrogen-bond acceptors (Lipinski definition) is 5. The second kappa shape index (κ2) is 8.08. The number of ether oxygens (including phenoxy) is 2. The van der Waals surface area contributed by atoms with E-state index in [4.69, 9.17) is 39.7 Å². The van der Waals surface area contributed by atoms with E-state index in [0.29, 0.717) is 33.0 Å². The largest absolute Gasteiger partial charge is 0.493 e. The summed E-state index contributed by atoms with van der Waals surface area (Å²) in [4.78, 5) is 15.6. The molecule has 0 bridgehead atoms. The molecular weight excluding hydrogens is 386 g/mol. The number of aromatic nitrogens is 2. The first-order chi connectivity index (χ1) is 13.0. The average Bonchev–Trinajstić information content (AvgIpc) is 2.66. The van der Waals surface area contributed by atoms with E-state index in [9.17, 15) is 4.79 Å². The van der Waals surface area contributed by atoms with Crippen molar-refractivity contribution in [2.45, 2.75) is 0 Å². The van der Waals surface area contributed by atoms with Gasteiger partial charge in [-0.25, -0.2) is 0 Å². The number of terminal acetylenes is 1. The predicted octanol–water partition coefficient (Wildman–Crippen LogP) is 3.62. The number of rotatable bonds is 5. The summed E-state index contributed by atoms with van der Waals surface area (Å²) >= 11 is 11.5. The van der Waals surface area contributed by atoms with Crippen molar-refractivity contribution in [2.24, 2.45) is 5.10 Å². The second-order valence-corrected chi connectivity index (χ2v) is 6.16. The first-order valence-corrected chi connectivity index (χ1v) is 8.56. The maximum Gasteiger partial charge on any atom is 0.282 e. The van der Waals surface area contributed by atoms with Crippen molar-refractivity contribution in [3.63, 3.8) is 0 Å². The van der Waals surface area contributed by atoms with Gasteiger partial charge in [0.15, 0.2) is 11.5 Å². The molecule has 0 atom stereocenters. The highest BCUT2D eigenvalue weighted by Crippen LogP contribution is 2.35. The van der Waals surface area contributed by atoms with Crippen LogP contribution in [0.5, 0.6) is 11.5 Å². The number of benzene rings is 2. The molecule has 27 heavy (non-hydrogen) atoms. The summed E-state index contributed by atoms with van der Waals surface area (Å²) in [5.74, 6) is 3.11. The minimum atomic E-state index is -0.322. The van der Waals surface area contributed by atoms with Gasteiger partial charge in [0.25, 0.3) is 5.56 Å². The van der Waals surface area contributed by atoms with Gasteiger partial charge in [-0.15, -0.1) is 6.42 Å². The lowest BCUT2D eigenvalue weighted by atomic mass is 10.2. The van der Waals surface area contributed by atoms with E-state index in [2.05, 4.69) is 16.0 Å². The Labute approximate surface area is 165 Å². The Morgan fingerprint density at radius 3 is 2.93 bits per heavy atom. The number of halogens is 1. The minimum Gasteiger partial charge on any atom is -0.493 e. The topological polar surface area (TPSA) is 68.6 Å². The summed E-state index contributed by atoms with van der Waals surface area (Å²) in [5.41, 5.74) is 0.927. The van der Waals surface area contributed by atoms with Crippen LogP contribution < -0.4 is 15.0 Å². The highest BCUT2D eigenvalue weighted by Gasteiger charge is 2.11. The van der Waals surface area contributed by atoms with Crippen LogP contribution in [0.4, 0.5) is 0 Å². The van der Waals surface area contributed by atoms with Crippen molar-refractivity contribution >= 4 is 40.9 Å². The van der Waals surface area contributed by atoms with Crippen molar-refractivity contribution in [1.29, 1.82) is 0 Å². The smallest absolute Gasteiger partial charge is 0.282 e. The quantitative estimate of drug-likeness (QED) is 0.404. The third-order valence-electron chi connectivity index (χ3n) is 3.66. The highest BCUT2D eigenvalue weighted by atomic mass is 35.5. The van der Waals surface area contributed by atoms with Crippen LogP contribution in [-0.4, -0.2) is 29.6 Å². The van der Waals surface area contributed by atoms with Crippen LogP contribution in [0.3, 0.4) is 0 Å². The van der Waals surface area contributed by atoms with Crippen molar-refractivity contribution in [2.75, 3.05) is 13.7 Å². The fraction of sp³-hybridized carbons (Fsp3) is 0.105. The number of nitrogens with zero attached hydrogens (tertiary/aromatic N) is 2. The van der Waals surface area contributed by atoms with E-state index in [-0.39, 0.29) is 16.9 Å². The fourth-order valence-corrected chi connectivity index (χ4v) is 2.96. The van der Waals surface area contributed by atoms with Gasteiger partial charge >= 0.3 is 0 Å². The summed E-state index contributed by atoms with van der Waals surface area (Å²) in [6.45, 7) is 0.0607. The van der Waals surface area contributed by atoms with E-state index >= 15 is 0 Å². The van der Waals surface area contributed by atoms with Gasteiger partial charge in [0.05, 0.1) is 29.2 Å². The van der Waals surface area contributed by atoms with E-state index in [1.54, 1.807) is 30.3 Å². The number of H-pyrrole nitrogens is 1. The van der Waals surface area contributed by atoms with Gasteiger partial charge in [-0.3, -0.25) is 4.79 Å². The number of hydrogen-bond donors (Lipinski definition) is 1. The molecule has 2 aromatic carbocycles. The Balaban J connectivity index is 2.03. The SMILES string of the molecule is C#CCOc1c(Cl)cc(/C=N\n2c(=S)[nH]c3ccccc3c2=O)cc1OC. The Kier molecular flexibility index (Phi) is 5.60. The third kappa shape index (κ3) is 3.87. The zero-order valence-electron chi connectivity index (χ0n) is 14.2. The van der Waals surface area contributed by atoms with Crippen molar-refractivity contribution < 1.29 is 9.47 Å². The fourth-order valence-electron chi connectivity index (χ4n) is 2.45. The van der Waals surface area contributed by atoms with E-state index < -0.39 is 0 Å². The summed E-state index contributed by atoms with van der Waals surface area (Å²) in [6.07, 6.45) is 6.66. The number of aromatic amines is 1. The molecule has 0 saturated heterocycles.